The van der Waals surface area contributed by atoms with Crippen molar-refractivity contribution >= 4 is 45.9 Å². The number of aliphatic hydroxyl groups excluding tert-OH is 1. The zero-order chi connectivity index (χ0) is 28.1. The molecular weight excluding hydrogens is 527 g/mol. The molecule has 210 valence electrons. The first-order valence-corrected chi connectivity index (χ1v) is 14.3. The maximum Gasteiger partial charge on any atom is 0.228 e. The smallest absolute Gasteiger partial charge is 0.228 e. The van der Waals surface area contributed by atoms with Crippen LogP contribution in [0.25, 0.3) is 22.6 Å². The van der Waals surface area contributed by atoms with E-state index >= 15 is 4.39 Å². The third-order valence-corrected chi connectivity index (χ3v) is 8.90. The number of hydrogen-bond acceptors (Lipinski definition) is 7. The Morgan fingerprint density at radius 3 is 2.60 bits per heavy atom. The predicted molar refractivity (Wildman–Crippen MR) is 162 cm³/mol. The quantitative estimate of drug-likeness (QED) is 0.307. The van der Waals surface area contributed by atoms with Gasteiger partial charge in [-0.1, -0.05) is 35.9 Å². The number of hydrogen-bond donors (Lipinski definition) is 2. The van der Waals surface area contributed by atoms with Crippen LogP contribution in [0.5, 0.6) is 0 Å². The lowest BCUT2D eigenvalue weighted by Crippen LogP contribution is -2.61. The van der Waals surface area contributed by atoms with Crippen molar-refractivity contribution in [3.05, 3.63) is 69.7 Å². The summed E-state index contributed by atoms with van der Waals surface area (Å²) in [7, 11) is 4.14. The number of nitrogens with zero attached hydrogens (tertiary/aromatic N) is 5. The fourth-order valence-corrected chi connectivity index (χ4v) is 6.39. The van der Waals surface area contributed by atoms with Gasteiger partial charge < -0.3 is 25.1 Å². The van der Waals surface area contributed by atoms with Crippen LogP contribution < -0.4 is 15.1 Å². The lowest BCUT2D eigenvalue weighted by atomic mass is 9.92. The van der Waals surface area contributed by atoms with Crippen LogP contribution in [0.1, 0.15) is 36.5 Å². The molecule has 7 rings (SSSR count). The summed E-state index contributed by atoms with van der Waals surface area (Å²) in [6, 6.07) is 10.7. The zero-order valence-electron chi connectivity index (χ0n) is 23.5. The van der Waals surface area contributed by atoms with E-state index in [9.17, 15) is 5.11 Å². The molecule has 0 saturated carbocycles. The molecular formula is C31H36ClFN6O. The van der Waals surface area contributed by atoms with Crippen molar-refractivity contribution in [1.82, 2.24) is 20.2 Å². The molecule has 5 heterocycles. The molecule has 4 aliphatic heterocycles. The standard InChI is InChI=1S/C31H36ClFN6O/c1-18-7-5-6-8-20(18)12-24(40)11-19(2)27-26(32)13-25-29(28(27)33)35-31(38-16-23(17-38)37(3)4)36-30(25)39-15-21-9-10-22(39)14-34-21/h5-8,11-13,21-23,34,40H,9-10,14-17H2,1-4H3/b19-11+,24-12+/t21-,22+/m0/s1. The molecule has 40 heavy (non-hydrogen) atoms. The van der Waals surface area contributed by atoms with E-state index in [4.69, 9.17) is 21.6 Å². The maximum atomic E-state index is 16.5. The van der Waals surface area contributed by atoms with Gasteiger partial charge in [-0.15, -0.1) is 0 Å². The van der Waals surface area contributed by atoms with E-state index in [1.165, 1.54) is 0 Å². The number of halogens is 2. The Morgan fingerprint density at radius 2 is 1.95 bits per heavy atom. The number of anilines is 2. The molecule has 0 spiro atoms. The van der Waals surface area contributed by atoms with E-state index in [1.54, 1.807) is 25.1 Å². The van der Waals surface area contributed by atoms with Crippen LogP contribution in [0.4, 0.5) is 16.2 Å². The summed E-state index contributed by atoms with van der Waals surface area (Å²) in [5, 5.41) is 15.2. The molecule has 0 aliphatic carbocycles. The van der Waals surface area contributed by atoms with Crippen molar-refractivity contribution in [3.63, 3.8) is 0 Å². The van der Waals surface area contributed by atoms with E-state index in [2.05, 4.69) is 34.1 Å². The lowest BCUT2D eigenvalue weighted by Gasteiger charge is -2.47. The summed E-state index contributed by atoms with van der Waals surface area (Å²) in [5.74, 6) is 0.834. The van der Waals surface area contributed by atoms with Crippen LogP contribution >= 0.6 is 11.6 Å². The number of likely N-dealkylation sites (N-methyl/N-ethyl adjacent to an activating group) is 1. The molecule has 2 atom stereocenters. The lowest BCUT2D eigenvalue weighted by molar-refractivity contribution is 0.245. The number of aliphatic hydroxyl groups is 1. The van der Waals surface area contributed by atoms with E-state index in [0.29, 0.717) is 35.0 Å². The highest BCUT2D eigenvalue weighted by Crippen LogP contribution is 2.39. The molecule has 0 amide bonds. The molecule has 2 N–H and O–H groups in total. The van der Waals surface area contributed by atoms with E-state index < -0.39 is 5.82 Å². The molecule has 4 aliphatic rings. The topological polar surface area (TPSA) is 67.8 Å². The van der Waals surface area contributed by atoms with Gasteiger partial charge >= 0.3 is 0 Å². The minimum absolute atomic E-state index is 0.0265. The summed E-state index contributed by atoms with van der Waals surface area (Å²) in [6.07, 6.45) is 5.44. The Hall–Kier alpha value is -3.20. The Kier molecular flexibility index (Phi) is 7.19. The molecule has 7 nitrogen and oxygen atoms in total. The van der Waals surface area contributed by atoms with E-state index in [-0.39, 0.29) is 21.9 Å². The van der Waals surface area contributed by atoms with Gasteiger partial charge in [0.05, 0.1) is 5.02 Å². The Morgan fingerprint density at radius 1 is 1.18 bits per heavy atom. The van der Waals surface area contributed by atoms with Crippen LogP contribution in [-0.4, -0.2) is 78.4 Å². The number of benzene rings is 2. The summed E-state index contributed by atoms with van der Waals surface area (Å²) in [4.78, 5) is 16.4. The molecule has 1 aromatic heterocycles. The van der Waals surface area contributed by atoms with Gasteiger partial charge in [0.15, 0.2) is 5.82 Å². The summed E-state index contributed by atoms with van der Waals surface area (Å²) < 4.78 is 16.5. The second kappa shape index (κ2) is 10.7. The number of fused-ring (bicyclic) bond motifs is 4. The van der Waals surface area contributed by atoms with Crippen molar-refractivity contribution in [1.29, 1.82) is 0 Å². The molecule has 4 saturated heterocycles. The number of rotatable bonds is 6. The van der Waals surface area contributed by atoms with Crippen molar-refractivity contribution in [2.24, 2.45) is 0 Å². The molecule has 9 heteroatoms. The number of aromatic nitrogens is 2. The highest BCUT2D eigenvalue weighted by molar-refractivity contribution is 6.33. The van der Waals surface area contributed by atoms with Crippen LogP contribution in [0, 0.1) is 12.7 Å². The average Bonchev–Trinajstić information content (AvgIpc) is 2.89. The molecule has 0 radical (unpaired) electrons. The Bertz CT molecular complexity index is 1510. The number of piperidine rings is 2. The SMILES string of the molecule is C/C(=C\C(O)=C/c1ccccc1C)c1c(Cl)cc2c(N3C[C@@H]4CC[C@@H]3CN4)nc(N3CC(N(C)C)C3)nc2c1F. The minimum atomic E-state index is -0.491. The number of nitrogens with one attached hydrogen (secondary N) is 1. The first kappa shape index (κ1) is 27.0. The van der Waals surface area contributed by atoms with Gasteiger partial charge in [-0.3, -0.25) is 0 Å². The van der Waals surface area contributed by atoms with Gasteiger partial charge in [0.25, 0.3) is 0 Å². The van der Waals surface area contributed by atoms with Crippen molar-refractivity contribution in [2.45, 2.75) is 44.8 Å². The van der Waals surface area contributed by atoms with Crippen molar-refractivity contribution < 1.29 is 9.50 Å². The number of allylic oxidation sites excluding steroid dienone is 2. The predicted octanol–water partition coefficient (Wildman–Crippen LogP) is 5.42. The minimum Gasteiger partial charge on any atom is -0.508 e. The van der Waals surface area contributed by atoms with Crippen LogP contribution in [-0.2, 0) is 0 Å². The highest BCUT2D eigenvalue weighted by atomic mass is 35.5. The Balaban J connectivity index is 1.44. The van der Waals surface area contributed by atoms with Gasteiger partial charge in [0.2, 0.25) is 5.95 Å². The van der Waals surface area contributed by atoms with Crippen molar-refractivity contribution in [3.8, 4) is 0 Å². The van der Waals surface area contributed by atoms with Gasteiger partial charge in [0.1, 0.15) is 17.1 Å². The monoisotopic (exact) mass is 562 g/mol. The summed E-state index contributed by atoms with van der Waals surface area (Å²) >= 11 is 6.77. The molecule has 4 fully saturated rings. The fraction of sp³-hybridized carbons (Fsp3) is 0.419. The third kappa shape index (κ3) is 4.93. The van der Waals surface area contributed by atoms with Gasteiger partial charge in [0, 0.05) is 55.3 Å². The third-order valence-electron chi connectivity index (χ3n) is 8.60. The van der Waals surface area contributed by atoms with E-state index in [1.807, 2.05) is 31.2 Å². The maximum absolute atomic E-state index is 16.5. The fourth-order valence-electron chi connectivity index (χ4n) is 6.05. The highest BCUT2D eigenvalue weighted by Gasteiger charge is 2.37. The Labute approximate surface area is 240 Å². The number of aryl methyl sites for hydroxylation is 1. The van der Waals surface area contributed by atoms with Crippen LogP contribution in [0.2, 0.25) is 5.02 Å². The first-order valence-electron chi connectivity index (χ1n) is 14.0. The van der Waals surface area contributed by atoms with Crippen molar-refractivity contribution in [2.75, 3.05) is 50.1 Å². The summed E-state index contributed by atoms with van der Waals surface area (Å²) in [6.45, 7) is 7.05. The molecule has 0 unspecified atom stereocenters. The normalized spacial score (nSPS) is 22.0. The zero-order valence-corrected chi connectivity index (χ0v) is 24.2. The van der Waals surface area contributed by atoms with Gasteiger partial charge in [-0.2, -0.15) is 4.98 Å². The first-order chi connectivity index (χ1) is 19.2. The van der Waals surface area contributed by atoms with Crippen LogP contribution in [0.3, 0.4) is 0 Å². The van der Waals surface area contributed by atoms with Gasteiger partial charge in [-0.25, -0.2) is 9.37 Å². The summed E-state index contributed by atoms with van der Waals surface area (Å²) in [5.41, 5.74) is 2.96. The van der Waals surface area contributed by atoms with Gasteiger partial charge in [-0.05, 0) is 75.7 Å². The molecule has 2 aromatic carbocycles. The van der Waals surface area contributed by atoms with E-state index in [0.717, 1.165) is 56.0 Å². The second-order valence-corrected chi connectivity index (χ2v) is 12.0. The second-order valence-electron chi connectivity index (χ2n) is 11.6. The number of piperazine rings is 1. The van der Waals surface area contributed by atoms with Crippen LogP contribution in [0.15, 0.2) is 42.2 Å². The average molecular weight is 563 g/mol. The largest absolute Gasteiger partial charge is 0.508 e. The molecule has 2 bridgehead atoms. The molecule has 3 aromatic rings.